The van der Waals surface area contributed by atoms with Crippen molar-refractivity contribution >= 4 is 23.2 Å². The third-order valence-electron chi connectivity index (χ3n) is 6.50. The van der Waals surface area contributed by atoms with Gasteiger partial charge in [-0.05, 0) is 55.7 Å². The maximum absolute atomic E-state index is 13.2. The number of hydrogen-bond donors (Lipinski definition) is 1. The molecule has 3 aromatic rings. The first-order chi connectivity index (χ1) is 17.1. The predicted octanol–water partition coefficient (Wildman–Crippen LogP) is 4.80. The Hall–Kier alpha value is -3.56. The zero-order valence-corrected chi connectivity index (χ0v) is 19.7. The summed E-state index contributed by atoms with van der Waals surface area (Å²) >= 11 is 6.11. The Labute approximate surface area is 206 Å². The summed E-state index contributed by atoms with van der Waals surface area (Å²) in [5.74, 6) is 2.05. The van der Waals surface area contributed by atoms with E-state index in [9.17, 15) is 4.79 Å². The van der Waals surface area contributed by atoms with Gasteiger partial charge >= 0.3 is 6.03 Å². The Bertz CT molecular complexity index is 1300. The molecule has 0 spiro atoms. The zero-order chi connectivity index (χ0) is 23.9. The van der Waals surface area contributed by atoms with Crippen molar-refractivity contribution in [3.8, 4) is 22.9 Å². The highest BCUT2D eigenvalue weighted by molar-refractivity contribution is 6.30. The van der Waals surface area contributed by atoms with Gasteiger partial charge in [-0.15, -0.1) is 0 Å². The normalized spacial score (nSPS) is 21.5. The van der Waals surface area contributed by atoms with Crippen LogP contribution in [0, 0.1) is 0 Å². The molecule has 0 radical (unpaired) electrons. The molecule has 35 heavy (non-hydrogen) atoms. The predicted molar refractivity (Wildman–Crippen MR) is 127 cm³/mol. The molecule has 3 aliphatic rings. The van der Waals surface area contributed by atoms with Gasteiger partial charge in [-0.25, -0.2) is 4.79 Å². The standard InChI is InChI=1S/C25H23ClN4O5/c1-14-21(24-28-23(29-35-24)16-6-9-19-20(11-16)34-13-33-19)22(15-4-7-17(26)8-5-15)27-25(31)30(14)12-18-3-2-10-32-18/h4-9,11,18,22H,2-3,10,12-13H2,1H3,(H,27,31). The zero-order valence-electron chi connectivity index (χ0n) is 19.0. The monoisotopic (exact) mass is 494 g/mol. The number of hydrogen-bond acceptors (Lipinski definition) is 7. The fraction of sp³-hybridized carbons (Fsp3) is 0.320. The molecule has 180 valence electrons. The molecule has 6 rings (SSSR count). The molecule has 0 aliphatic carbocycles. The number of carbonyl (C=O) groups excluding carboxylic acids is 1. The lowest BCUT2D eigenvalue weighted by Gasteiger charge is -2.36. The molecular formula is C25H23ClN4O5. The van der Waals surface area contributed by atoms with Crippen LogP contribution in [0.15, 0.2) is 52.7 Å². The highest BCUT2D eigenvalue weighted by atomic mass is 35.5. The smallest absolute Gasteiger partial charge is 0.322 e. The Morgan fingerprint density at radius 3 is 2.77 bits per heavy atom. The van der Waals surface area contributed by atoms with Crippen LogP contribution in [0.5, 0.6) is 11.5 Å². The number of nitrogens with zero attached hydrogens (tertiary/aromatic N) is 3. The third kappa shape index (κ3) is 4.11. The van der Waals surface area contributed by atoms with E-state index in [0.29, 0.717) is 41.4 Å². The van der Waals surface area contributed by atoms with E-state index >= 15 is 0 Å². The maximum Gasteiger partial charge on any atom is 0.322 e. The molecule has 3 aliphatic heterocycles. The average molecular weight is 495 g/mol. The Kier molecular flexibility index (Phi) is 5.58. The summed E-state index contributed by atoms with van der Waals surface area (Å²) in [5.41, 5.74) is 3.06. The molecule has 2 unspecified atom stereocenters. The highest BCUT2D eigenvalue weighted by Gasteiger charge is 2.37. The molecular weight excluding hydrogens is 472 g/mol. The van der Waals surface area contributed by atoms with Crippen molar-refractivity contribution in [1.29, 1.82) is 0 Å². The van der Waals surface area contributed by atoms with Crippen molar-refractivity contribution in [2.75, 3.05) is 19.9 Å². The topological polar surface area (TPSA) is 98.9 Å². The van der Waals surface area contributed by atoms with Gasteiger partial charge in [0.05, 0.1) is 24.3 Å². The van der Waals surface area contributed by atoms with E-state index in [1.165, 1.54) is 0 Å². The molecule has 2 amide bonds. The van der Waals surface area contributed by atoms with Crippen LogP contribution in [0.25, 0.3) is 17.0 Å². The first-order valence-electron chi connectivity index (χ1n) is 11.5. The molecule has 0 bridgehead atoms. The Morgan fingerprint density at radius 1 is 1.14 bits per heavy atom. The minimum absolute atomic E-state index is 0.00379. The largest absolute Gasteiger partial charge is 0.454 e. The minimum atomic E-state index is -0.481. The van der Waals surface area contributed by atoms with Gasteiger partial charge in [0.2, 0.25) is 12.6 Å². The fourth-order valence-electron chi connectivity index (χ4n) is 4.66. The summed E-state index contributed by atoms with van der Waals surface area (Å²) in [5, 5.41) is 7.93. The fourth-order valence-corrected chi connectivity index (χ4v) is 4.79. The van der Waals surface area contributed by atoms with Crippen LogP contribution < -0.4 is 14.8 Å². The number of nitrogens with one attached hydrogen (secondary N) is 1. The lowest BCUT2D eigenvalue weighted by Crippen LogP contribution is -2.48. The molecule has 4 heterocycles. The first-order valence-corrected chi connectivity index (χ1v) is 11.8. The van der Waals surface area contributed by atoms with Gasteiger partial charge in [0.15, 0.2) is 11.5 Å². The van der Waals surface area contributed by atoms with E-state index in [0.717, 1.165) is 35.2 Å². The highest BCUT2D eigenvalue weighted by Crippen LogP contribution is 2.39. The minimum Gasteiger partial charge on any atom is -0.454 e. The molecule has 2 atom stereocenters. The average Bonchev–Trinajstić information content (AvgIpc) is 3.63. The number of fused-ring (bicyclic) bond motifs is 1. The van der Waals surface area contributed by atoms with Crippen LogP contribution in [-0.4, -0.2) is 47.1 Å². The second-order valence-electron chi connectivity index (χ2n) is 8.67. The summed E-state index contributed by atoms with van der Waals surface area (Å²) in [4.78, 5) is 19.6. The van der Waals surface area contributed by atoms with Crippen molar-refractivity contribution in [3.63, 3.8) is 0 Å². The van der Waals surface area contributed by atoms with Crippen LogP contribution in [0.3, 0.4) is 0 Å². The lowest BCUT2D eigenvalue weighted by molar-refractivity contribution is 0.0877. The maximum atomic E-state index is 13.2. The van der Waals surface area contributed by atoms with Crippen molar-refractivity contribution in [2.45, 2.75) is 31.9 Å². The molecule has 10 heteroatoms. The molecule has 2 aromatic carbocycles. The molecule has 0 saturated carbocycles. The molecule has 1 N–H and O–H groups in total. The number of amides is 2. The van der Waals surface area contributed by atoms with Crippen LogP contribution in [0.1, 0.15) is 37.3 Å². The quantitative estimate of drug-likeness (QED) is 0.544. The van der Waals surface area contributed by atoms with Crippen molar-refractivity contribution in [2.24, 2.45) is 0 Å². The van der Waals surface area contributed by atoms with Gasteiger partial charge in [0.25, 0.3) is 5.89 Å². The van der Waals surface area contributed by atoms with Gasteiger partial charge in [0.1, 0.15) is 0 Å². The van der Waals surface area contributed by atoms with E-state index in [1.54, 1.807) is 17.0 Å². The van der Waals surface area contributed by atoms with Gasteiger partial charge in [-0.2, -0.15) is 4.98 Å². The van der Waals surface area contributed by atoms with E-state index in [1.807, 2.05) is 37.3 Å². The van der Waals surface area contributed by atoms with Crippen LogP contribution in [-0.2, 0) is 4.74 Å². The molecule has 1 saturated heterocycles. The van der Waals surface area contributed by atoms with Crippen molar-refractivity contribution in [1.82, 2.24) is 20.4 Å². The molecule has 1 aromatic heterocycles. The van der Waals surface area contributed by atoms with Gasteiger partial charge in [-0.3, -0.25) is 4.90 Å². The second kappa shape index (κ2) is 8.90. The first kappa shape index (κ1) is 21.9. The number of aromatic nitrogens is 2. The van der Waals surface area contributed by atoms with E-state index < -0.39 is 6.04 Å². The lowest BCUT2D eigenvalue weighted by atomic mass is 9.94. The number of ether oxygens (including phenoxy) is 3. The van der Waals surface area contributed by atoms with Gasteiger partial charge < -0.3 is 24.1 Å². The van der Waals surface area contributed by atoms with Crippen molar-refractivity contribution in [3.05, 3.63) is 64.6 Å². The number of benzene rings is 2. The number of halogens is 1. The number of carbonyl (C=O) groups is 1. The second-order valence-corrected chi connectivity index (χ2v) is 9.11. The number of allylic oxidation sites excluding steroid dienone is 1. The molecule has 9 nitrogen and oxygen atoms in total. The Balaban J connectivity index is 1.40. The summed E-state index contributed by atoms with van der Waals surface area (Å²) < 4.78 is 22.4. The van der Waals surface area contributed by atoms with Crippen LogP contribution in [0.2, 0.25) is 5.02 Å². The van der Waals surface area contributed by atoms with E-state index in [-0.39, 0.29) is 18.9 Å². The van der Waals surface area contributed by atoms with E-state index in [4.69, 9.17) is 35.3 Å². The van der Waals surface area contributed by atoms with Crippen molar-refractivity contribution < 1.29 is 23.5 Å². The van der Waals surface area contributed by atoms with E-state index in [2.05, 4.69) is 10.5 Å². The summed E-state index contributed by atoms with van der Waals surface area (Å²) in [6.07, 6.45) is 1.91. The SMILES string of the molecule is CC1=C(c2nc(-c3ccc4c(c3)OCO4)no2)C(c2ccc(Cl)cc2)NC(=O)N1CC1CCCO1. The Morgan fingerprint density at radius 2 is 1.97 bits per heavy atom. The summed E-state index contributed by atoms with van der Waals surface area (Å²) in [6, 6.07) is 12.2. The summed E-state index contributed by atoms with van der Waals surface area (Å²) in [6.45, 7) is 3.26. The van der Waals surface area contributed by atoms with Gasteiger partial charge in [-0.1, -0.05) is 28.9 Å². The number of rotatable bonds is 5. The van der Waals surface area contributed by atoms with Crippen LogP contribution in [0.4, 0.5) is 4.79 Å². The van der Waals surface area contributed by atoms with Gasteiger partial charge in [0, 0.05) is 22.9 Å². The third-order valence-corrected chi connectivity index (χ3v) is 6.75. The molecule has 1 fully saturated rings. The number of urea groups is 1. The van der Waals surface area contributed by atoms with Crippen LogP contribution >= 0.6 is 11.6 Å². The summed E-state index contributed by atoms with van der Waals surface area (Å²) in [7, 11) is 0.